The van der Waals surface area contributed by atoms with Gasteiger partial charge in [-0.2, -0.15) is 5.10 Å². The van der Waals surface area contributed by atoms with Crippen molar-refractivity contribution >= 4 is 28.6 Å². The molecule has 0 spiro atoms. The van der Waals surface area contributed by atoms with Crippen molar-refractivity contribution in [2.24, 2.45) is 0 Å². The number of nitrogens with one attached hydrogen (secondary N) is 2. The summed E-state index contributed by atoms with van der Waals surface area (Å²) in [7, 11) is 3.64. The Labute approximate surface area is 155 Å². The van der Waals surface area contributed by atoms with Gasteiger partial charge < -0.3 is 15.0 Å². The molecular formula is C17H21N7O3. The first-order valence-corrected chi connectivity index (χ1v) is 8.45. The summed E-state index contributed by atoms with van der Waals surface area (Å²) in [4.78, 5) is 25.3. The molecule has 0 saturated carbocycles. The van der Waals surface area contributed by atoms with Gasteiger partial charge in [0.05, 0.1) is 24.9 Å². The fourth-order valence-corrected chi connectivity index (χ4v) is 2.57. The van der Waals surface area contributed by atoms with Gasteiger partial charge in [-0.1, -0.05) is 11.3 Å². The number of fused-ring (bicyclic) bond motifs is 1. The number of carbonyl (C=O) groups is 2. The number of benzene rings is 1. The summed E-state index contributed by atoms with van der Waals surface area (Å²) in [6.45, 7) is 2.33. The Hall–Kier alpha value is -3.27. The van der Waals surface area contributed by atoms with Crippen molar-refractivity contribution < 1.29 is 14.3 Å². The summed E-state index contributed by atoms with van der Waals surface area (Å²) in [5.74, 6) is -0.0677. The van der Waals surface area contributed by atoms with Crippen molar-refractivity contribution in [2.75, 3.05) is 32.6 Å². The molecule has 2 aromatic heterocycles. The number of carbonyl (C=O) groups excluding carboxylic acids is 2. The van der Waals surface area contributed by atoms with E-state index in [0.29, 0.717) is 18.1 Å². The topological polar surface area (TPSA) is 118 Å². The van der Waals surface area contributed by atoms with Crippen LogP contribution in [-0.4, -0.2) is 69.2 Å². The Bertz CT molecular complexity index is 961. The lowest BCUT2D eigenvalue weighted by molar-refractivity contribution is -0.144. The highest BCUT2D eigenvalue weighted by molar-refractivity contribution is 6.01. The standard InChI is InChI=1S/C17H21N7O3/c1-4-27-16(26)10-24-8-14(20-22-24)11-5-6-13-12(7-11)17(21-19-13)18-15(25)9-23(2)3/h5-8H,4,9-10H2,1-3H3,(H2,18,19,21,25). The maximum absolute atomic E-state index is 12.0. The molecular weight excluding hydrogens is 350 g/mol. The van der Waals surface area contributed by atoms with E-state index in [4.69, 9.17) is 4.74 Å². The van der Waals surface area contributed by atoms with Gasteiger partial charge in [0.15, 0.2) is 5.82 Å². The predicted octanol–water partition coefficient (Wildman–Crippen LogP) is 0.885. The van der Waals surface area contributed by atoms with Crippen LogP contribution in [0, 0.1) is 0 Å². The van der Waals surface area contributed by atoms with Gasteiger partial charge in [-0.25, -0.2) is 4.68 Å². The number of amides is 1. The zero-order valence-electron chi connectivity index (χ0n) is 15.4. The second-order valence-corrected chi connectivity index (χ2v) is 6.22. The predicted molar refractivity (Wildman–Crippen MR) is 98.9 cm³/mol. The van der Waals surface area contributed by atoms with E-state index in [1.165, 1.54) is 4.68 Å². The summed E-state index contributed by atoms with van der Waals surface area (Å²) >= 11 is 0. The molecule has 10 heteroatoms. The van der Waals surface area contributed by atoms with Crippen molar-refractivity contribution in [3.63, 3.8) is 0 Å². The van der Waals surface area contributed by atoms with Crippen LogP contribution < -0.4 is 5.32 Å². The van der Waals surface area contributed by atoms with Crippen LogP contribution in [0.5, 0.6) is 0 Å². The monoisotopic (exact) mass is 371 g/mol. The number of H-pyrrole nitrogens is 1. The molecule has 3 aromatic rings. The molecule has 0 radical (unpaired) electrons. The van der Waals surface area contributed by atoms with Crippen LogP contribution in [0.1, 0.15) is 6.92 Å². The van der Waals surface area contributed by atoms with Gasteiger partial charge in [-0.05, 0) is 33.2 Å². The van der Waals surface area contributed by atoms with E-state index >= 15 is 0 Å². The Morgan fingerprint density at radius 2 is 2.15 bits per heavy atom. The number of hydrogen-bond donors (Lipinski definition) is 2. The van der Waals surface area contributed by atoms with Gasteiger partial charge in [-0.15, -0.1) is 5.10 Å². The SMILES string of the molecule is CCOC(=O)Cn1cc(-c2ccc3[nH]nc(NC(=O)CN(C)C)c3c2)nn1. The zero-order valence-corrected chi connectivity index (χ0v) is 15.4. The number of aromatic amines is 1. The second-order valence-electron chi connectivity index (χ2n) is 6.22. The minimum Gasteiger partial charge on any atom is -0.465 e. The van der Waals surface area contributed by atoms with Crippen LogP contribution in [0.4, 0.5) is 5.82 Å². The lowest BCUT2D eigenvalue weighted by Crippen LogP contribution is -2.27. The Morgan fingerprint density at radius 1 is 1.33 bits per heavy atom. The number of nitrogens with zero attached hydrogens (tertiary/aromatic N) is 5. The number of rotatable bonds is 7. The number of anilines is 1. The fraction of sp³-hybridized carbons (Fsp3) is 0.353. The van der Waals surface area contributed by atoms with Crippen molar-refractivity contribution in [2.45, 2.75) is 13.5 Å². The molecule has 0 aliphatic carbocycles. The van der Waals surface area contributed by atoms with Gasteiger partial charge in [0.2, 0.25) is 5.91 Å². The van der Waals surface area contributed by atoms with E-state index in [-0.39, 0.29) is 25.0 Å². The highest BCUT2D eigenvalue weighted by Crippen LogP contribution is 2.26. The fourth-order valence-electron chi connectivity index (χ4n) is 2.57. The van der Waals surface area contributed by atoms with E-state index in [0.717, 1.165) is 16.5 Å². The molecule has 1 aromatic carbocycles. The Kier molecular flexibility index (Phi) is 5.46. The third-order valence-corrected chi connectivity index (χ3v) is 3.71. The highest BCUT2D eigenvalue weighted by atomic mass is 16.5. The molecule has 142 valence electrons. The van der Waals surface area contributed by atoms with Crippen molar-refractivity contribution in [3.05, 3.63) is 24.4 Å². The molecule has 1 amide bonds. The summed E-state index contributed by atoms with van der Waals surface area (Å²) < 4.78 is 6.33. The molecule has 0 fully saturated rings. The van der Waals surface area contributed by atoms with E-state index in [1.54, 1.807) is 18.0 Å². The van der Waals surface area contributed by atoms with Gasteiger partial charge in [0.1, 0.15) is 12.2 Å². The van der Waals surface area contributed by atoms with E-state index in [9.17, 15) is 9.59 Å². The van der Waals surface area contributed by atoms with Crippen LogP contribution >= 0.6 is 0 Å². The lowest BCUT2D eigenvalue weighted by atomic mass is 10.1. The van der Waals surface area contributed by atoms with E-state index in [2.05, 4.69) is 25.8 Å². The molecule has 0 aliphatic rings. The van der Waals surface area contributed by atoms with E-state index in [1.807, 2.05) is 32.3 Å². The van der Waals surface area contributed by atoms with Crippen LogP contribution in [0.2, 0.25) is 0 Å². The number of ether oxygens (including phenoxy) is 1. The first-order valence-electron chi connectivity index (χ1n) is 8.45. The summed E-state index contributed by atoms with van der Waals surface area (Å²) in [5.41, 5.74) is 2.19. The molecule has 0 bridgehead atoms. The van der Waals surface area contributed by atoms with Gasteiger partial charge in [-0.3, -0.25) is 14.7 Å². The molecule has 2 heterocycles. The van der Waals surface area contributed by atoms with Crippen molar-refractivity contribution in [3.8, 4) is 11.3 Å². The minimum absolute atomic E-state index is 0.000632. The molecule has 0 saturated heterocycles. The number of likely N-dealkylation sites (N-methyl/N-ethyl adjacent to an activating group) is 1. The summed E-state index contributed by atoms with van der Waals surface area (Å²) in [6, 6.07) is 5.58. The largest absolute Gasteiger partial charge is 0.465 e. The smallest absolute Gasteiger partial charge is 0.327 e. The van der Waals surface area contributed by atoms with Gasteiger partial charge in [0.25, 0.3) is 0 Å². The highest BCUT2D eigenvalue weighted by Gasteiger charge is 2.13. The quantitative estimate of drug-likeness (QED) is 0.592. The van der Waals surface area contributed by atoms with Crippen LogP contribution in [0.25, 0.3) is 22.2 Å². The average molecular weight is 371 g/mol. The van der Waals surface area contributed by atoms with Crippen LogP contribution in [0.15, 0.2) is 24.4 Å². The molecule has 0 aliphatic heterocycles. The van der Waals surface area contributed by atoms with Crippen molar-refractivity contribution in [1.29, 1.82) is 0 Å². The van der Waals surface area contributed by atoms with E-state index < -0.39 is 0 Å². The van der Waals surface area contributed by atoms with Crippen LogP contribution in [-0.2, 0) is 20.9 Å². The third-order valence-electron chi connectivity index (χ3n) is 3.71. The summed E-state index contributed by atoms with van der Waals surface area (Å²) in [6.07, 6.45) is 1.67. The molecule has 10 nitrogen and oxygen atoms in total. The number of aromatic nitrogens is 5. The molecule has 3 rings (SSSR count). The molecule has 0 atom stereocenters. The normalized spacial score (nSPS) is 11.1. The number of hydrogen-bond acceptors (Lipinski definition) is 7. The molecule has 0 unspecified atom stereocenters. The minimum atomic E-state index is -0.370. The van der Waals surface area contributed by atoms with Crippen molar-refractivity contribution in [1.82, 2.24) is 30.1 Å². The Morgan fingerprint density at radius 3 is 2.89 bits per heavy atom. The lowest BCUT2D eigenvalue weighted by Gasteiger charge is -2.08. The first-order chi connectivity index (χ1) is 13.0. The van der Waals surface area contributed by atoms with Gasteiger partial charge in [0, 0.05) is 10.9 Å². The third kappa shape index (κ3) is 4.47. The average Bonchev–Trinajstić information content (AvgIpc) is 3.21. The number of esters is 1. The van der Waals surface area contributed by atoms with Gasteiger partial charge >= 0.3 is 5.97 Å². The molecule has 27 heavy (non-hydrogen) atoms. The summed E-state index contributed by atoms with van der Waals surface area (Å²) in [5, 5.41) is 18.7. The first kappa shape index (κ1) is 18.5. The Balaban J connectivity index is 1.82. The maximum Gasteiger partial charge on any atom is 0.327 e. The molecule has 2 N–H and O–H groups in total. The van der Waals surface area contributed by atoms with Crippen LogP contribution in [0.3, 0.4) is 0 Å². The zero-order chi connectivity index (χ0) is 19.4. The second kappa shape index (κ2) is 7.96. The maximum atomic E-state index is 12.0.